The lowest BCUT2D eigenvalue weighted by atomic mass is 10.2. The maximum absolute atomic E-state index is 11.3. The van der Waals surface area contributed by atoms with Crippen molar-refractivity contribution in [2.45, 2.75) is 39.5 Å². The SMILES string of the molecule is CCCCc1cc(=O)[nH]c(NCCC)n1. The molecule has 0 atom stereocenters. The molecule has 4 nitrogen and oxygen atoms in total. The number of anilines is 1. The van der Waals surface area contributed by atoms with Gasteiger partial charge in [-0.2, -0.15) is 0 Å². The van der Waals surface area contributed by atoms with Gasteiger partial charge < -0.3 is 5.32 Å². The summed E-state index contributed by atoms with van der Waals surface area (Å²) in [7, 11) is 0. The predicted octanol–water partition coefficient (Wildman–Crippen LogP) is 1.93. The van der Waals surface area contributed by atoms with Crippen LogP contribution in [0.15, 0.2) is 10.9 Å². The summed E-state index contributed by atoms with van der Waals surface area (Å²) in [5.41, 5.74) is 0.800. The molecule has 15 heavy (non-hydrogen) atoms. The third kappa shape index (κ3) is 4.14. The first-order valence-electron chi connectivity index (χ1n) is 5.60. The van der Waals surface area contributed by atoms with Gasteiger partial charge in [-0.05, 0) is 19.3 Å². The highest BCUT2D eigenvalue weighted by molar-refractivity contribution is 5.24. The fraction of sp³-hybridized carbons (Fsp3) is 0.636. The molecule has 0 aromatic carbocycles. The molecular weight excluding hydrogens is 190 g/mol. The Morgan fingerprint density at radius 3 is 2.87 bits per heavy atom. The topological polar surface area (TPSA) is 57.8 Å². The Morgan fingerprint density at radius 1 is 1.40 bits per heavy atom. The molecule has 0 amide bonds. The highest BCUT2D eigenvalue weighted by atomic mass is 16.1. The van der Waals surface area contributed by atoms with E-state index in [2.05, 4.69) is 29.1 Å². The standard InChI is InChI=1S/C11H19N3O/c1-3-5-6-9-8-10(15)14-11(13-9)12-7-4-2/h8H,3-7H2,1-2H3,(H2,12,13,14,15). The summed E-state index contributed by atoms with van der Waals surface area (Å²) in [5, 5.41) is 3.09. The minimum Gasteiger partial charge on any atom is -0.356 e. The van der Waals surface area contributed by atoms with Crippen molar-refractivity contribution in [2.75, 3.05) is 11.9 Å². The monoisotopic (exact) mass is 209 g/mol. The van der Waals surface area contributed by atoms with Gasteiger partial charge in [0.25, 0.3) is 5.56 Å². The van der Waals surface area contributed by atoms with Crippen LogP contribution in [0.4, 0.5) is 5.95 Å². The molecule has 2 N–H and O–H groups in total. The van der Waals surface area contributed by atoms with Gasteiger partial charge in [-0.25, -0.2) is 4.98 Å². The Labute approximate surface area is 90.1 Å². The summed E-state index contributed by atoms with van der Waals surface area (Å²) in [5.74, 6) is 0.593. The zero-order valence-electron chi connectivity index (χ0n) is 9.47. The van der Waals surface area contributed by atoms with Crippen LogP contribution in [0.5, 0.6) is 0 Å². The summed E-state index contributed by atoms with van der Waals surface area (Å²) in [4.78, 5) is 18.3. The van der Waals surface area contributed by atoms with E-state index in [-0.39, 0.29) is 5.56 Å². The van der Waals surface area contributed by atoms with E-state index in [1.165, 1.54) is 0 Å². The largest absolute Gasteiger partial charge is 0.356 e. The van der Waals surface area contributed by atoms with E-state index >= 15 is 0 Å². The molecule has 0 aliphatic rings. The number of unbranched alkanes of at least 4 members (excludes halogenated alkanes) is 1. The molecule has 1 aromatic rings. The lowest BCUT2D eigenvalue weighted by Crippen LogP contribution is -2.14. The maximum Gasteiger partial charge on any atom is 0.252 e. The second-order valence-electron chi connectivity index (χ2n) is 3.62. The number of aromatic nitrogens is 2. The van der Waals surface area contributed by atoms with Crippen LogP contribution >= 0.6 is 0 Å². The van der Waals surface area contributed by atoms with E-state index in [1.54, 1.807) is 6.07 Å². The van der Waals surface area contributed by atoms with Gasteiger partial charge in [0.15, 0.2) is 0 Å². The van der Waals surface area contributed by atoms with Gasteiger partial charge in [0, 0.05) is 18.3 Å². The normalized spacial score (nSPS) is 10.3. The van der Waals surface area contributed by atoms with Crippen LogP contribution in [0.3, 0.4) is 0 Å². The van der Waals surface area contributed by atoms with E-state index < -0.39 is 0 Å². The van der Waals surface area contributed by atoms with E-state index in [0.29, 0.717) is 5.95 Å². The van der Waals surface area contributed by atoms with Crippen LogP contribution < -0.4 is 10.9 Å². The van der Waals surface area contributed by atoms with E-state index in [0.717, 1.165) is 37.9 Å². The van der Waals surface area contributed by atoms with Gasteiger partial charge in [-0.3, -0.25) is 9.78 Å². The molecule has 0 radical (unpaired) electrons. The number of rotatable bonds is 6. The summed E-state index contributed by atoms with van der Waals surface area (Å²) < 4.78 is 0. The molecular formula is C11H19N3O. The molecule has 0 fully saturated rings. The minimum absolute atomic E-state index is 0.0743. The Kier molecular flexibility index (Phi) is 4.87. The number of hydrogen-bond acceptors (Lipinski definition) is 3. The lowest BCUT2D eigenvalue weighted by Gasteiger charge is -2.05. The molecule has 4 heteroatoms. The predicted molar refractivity (Wildman–Crippen MR) is 62.3 cm³/mol. The van der Waals surface area contributed by atoms with Crippen LogP contribution in [0.1, 0.15) is 38.8 Å². The van der Waals surface area contributed by atoms with Crippen molar-refractivity contribution in [2.24, 2.45) is 0 Å². The number of hydrogen-bond donors (Lipinski definition) is 2. The molecule has 0 bridgehead atoms. The number of nitrogens with one attached hydrogen (secondary N) is 2. The smallest absolute Gasteiger partial charge is 0.252 e. The molecule has 1 rings (SSSR count). The van der Waals surface area contributed by atoms with Gasteiger partial charge in [0.2, 0.25) is 5.95 Å². The lowest BCUT2D eigenvalue weighted by molar-refractivity contribution is 0.771. The average Bonchev–Trinajstić information content (AvgIpc) is 2.23. The van der Waals surface area contributed by atoms with Crippen molar-refractivity contribution in [1.29, 1.82) is 0 Å². The van der Waals surface area contributed by atoms with Gasteiger partial charge in [0.05, 0.1) is 0 Å². The first-order valence-corrected chi connectivity index (χ1v) is 5.60. The number of aromatic amines is 1. The minimum atomic E-state index is -0.0743. The highest BCUT2D eigenvalue weighted by Gasteiger charge is 1.99. The van der Waals surface area contributed by atoms with Crippen LogP contribution in [0.25, 0.3) is 0 Å². The molecule has 1 aromatic heterocycles. The molecule has 0 spiro atoms. The van der Waals surface area contributed by atoms with Crippen LogP contribution in [-0.4, -0.2) is 16.5 Å². The fourth-order valence-electron chi connectivity index (χ4n) is 1.32. The molecule has 0 aliphatic carbocycles. The van der Waals surface area contributed by atoms with Crippen molar-refractivity contribution in [3.05, 3.63) is 22.1 Å². The summed E-state index contributed by atoms with van der Waals surface area (Å²) in [6.07, 6.45) is 4.08. The third-order valence-electron chi connectivity index (χ3n) is 2.12. The van der Waals surface area contributed by atoms with Gasteiger partial charge in [-0.15, -0.1) is 0 Å². The third-order valence-corrected chi connectivity index (χ3v) is 2.12. The Morgan fingerprint density at radius 2 is 2.20 bits per heavy atom. The van der Waals surface area contributed by atoms with E-state index in [1.807, 2.05) is 0 Å². The average molecular weight is 209 g/mol. The summed E-state index contributed by atoms with van der Waals surface area (Å²) in [6.45, 7) is 5.04. The summed E-state index contributed by atoms with van der Waals surface area (Å²) >= 11 is 0. The number of H-pyrrole nitrogens is 1. The maximum atomic E-state index is 11.3. The Bertz CT molecular complexity index is 317. The number of nitrogens with zero attached hydrogens (tertiary/aromatic N) is 1. The first kappa shape index (κ1) is 11.8. The second-order valence-corrected chi connectivity index (χ2v) is 3.62. The Balaban J connectivity index is 2.71. The zero-order valence-corrected chi connectivity index (χ0v) is 9.47. The first-order chi connectivity index (χ1) is 7.26. The van der Waals surface area contributed by atoms with Crippen molar-refractivity contribution in [1.82, 2.24) is 9.97 Å². The van der Waals surface area contributed by atoms with Gasteiger partial charge in [-0.1, -0.05) is 20.3 Å². The zero-order chi connectivity index (χ0) is 11.1. The molecule has 0 unspecified atom stereocenters. The van der Waals surface area contributed by atoms with E-state index in [9.17, 15) is 4.79 Å². The van der Waals surface area contributed by atoms with Crippen molar-refractivity contribution in [3.63, 3.8) is 0 Å². The van der Waals surface area contributed by atoms with Crippen molar-refractivity contribution < 1.29 is 0 Å². The van der Waals surface area contributed by atoms with E-state index in [4.69, 9.17) is 0 Å². The van der Waals surface area contributed by atoms with Crippen molar-refractivity contribution >= 4 is 5.95 Å². The van der Waals surface area contributed by atoms with Crippen LogP contribution in [0, 0.1) is 0 Å². The quantitative estimate of drug-likeness (QED) is 0.752. The van der Waals surface area contributed by atoms with Crippen molar-refractivity contribution in [3.8, 4) is 0 Å². The fourth-order valence-corrected chi connectivity index (χ4v) is 1.32. The summed E-state index contributed by atoms with van der Waals surface area (Å²) in [6, 6.07) is 1.58. The van der Waals surface area contributed by atoms with Crippen LogP contribution in [0.2, 0.25) is 0 Å². The molecule has 0 saturated carbocycles. The molecule has 1 heterocycles. The molecule has 84 valence electrons. The van der Waals surface area contributed by atoms with Crippen LogP contribution in [-0.2, 0) is 6.42 Å². The highest BCUT2D eigenvalue weighted by Crippen LogP contribution is 2.02. The van der Waals surface area contributed by atoms with Gasteiger partial charge >= 0.3 is 0 Å². The second kappa shape index (κ2) is 6.22. The Hall–Kier alpha value is -1.32. The number of aryl methyl sites for hydroxylation is 1. The molecule has 0 saturated heterocycles. The molecule has 0 aliphatic heterocycles. The van der Waals surface area contributed by atoms with Gasteiger partial charge in [0.1, 0.15) is 0 Å².